The molecule has 0 unspecified atom stereocenters. The Morgan fingerprint density at radius 2 is 2.24 bits per heavy atom. The number of nitriles is 1. The van der Waals surface area contributed by atoms with Gasteiger partial charge < -0.3 is 4.74 Å². The molecule has 3 nitrogen and oxygen atoms in total. The first-order valence-corrected chi connectivity index (χ1v) is 5.18. The van der Waals surface area contributed by atoms with Crippen LogP contribution in [0.2, 0.25) is 0 Å². The van der Waals surface area contributed by atoms with Gasteiger partial charge in [0.25, 0.3) is 6.43 Å². The van der Waals surface area contributed by atoms with Gasteiger partial charge >= 0.3 is 5.97 Å². The summed E-state index contributed by atoms with van der Waals surface area (Å²) in [5, 5.41) is 8.85. The van der Waals surface area contributed by atoms with E-state index in [1.807, 2.05) is 0 Å². The molecule has 0 saturated carbocycles. The first-order chi connectivity index (χ1) is 8.01. The Bertz CT molecular complexity index is 483. The number of hydrogen-bond acceptors (Lipinski definition) is 4. The molecule has 6 heteroatoms. The van der Waals surface area contributed by atoms with E-state index in [2.05, 4.69) is 12.6 Å². The molecule has 0 aliphatic rings. The maximum atomic E-state index is 12.5. The summed E-state index contributed by atoms with van der Waals surface area (Å²) < 4.78 is 29.8. The fourth-order valence-corrected chi connectivity index (χ4v) is 1.58. The van der Waals surface area contributed by atoms with Gasteiger partial charge in [0, 0.05) is 10.5 Å². The van der Waals surface area contributed by atoms with Crippen molar-refractivity contribution in [2.45, 2.75) is 18.2 Å². The zero-order chi connectivity index (χ0) is 13.0. The van der Waals surface area contributed by atoms with E-state index in [0.717, 1.165) is 12.1 Å². The second kappa shape index (κ2) is 5.64. The van der Waals surface area contributed by atoms with Crippen LogP contribution in [0, 0.1) is 11.3 Å². The zero-order valence-corrected chi connectivity index (χ0v) is 9.80. The molecule has 90 valence electrons. The molecule has 0 aliphatic heterocycles. The molecule has 1 rings (SSSR count). The van der Waals surface area contributed by atoms with E-state index in [0.29, 0.717) is 0 Å². The molecule has 0 fully saturated rings. The number of esters is 1. The van der Waals surface area contributed by atoms with Crippen LogP contribution in [0.4, 0.5) is 8.78 Å². The molecular formula is C11H9F2NO2S. The van der Waals surface area contributed by atoms with Crippen molar-refractivity contribution in [3.63, 3.8) is 0 Å². The predicted octanol–water partition coefficient (Wildman–Crippen LogP) is 2.96. The topological polar surface area (TPSA) is 50.1 Å². The summed E-state index contributed by atoms with van der Waals surface area (Å²) in [5.74, 6) is -0.804. The second-order valence-electron chi connectivity index (χ2n) is 3.10. The monoisotopic (exact) mass is 257 g/mol. The van der Waals surface area contributed by atoms with Gasteiger partial charge in [-0.3, -0.25) is 0 Å². The Hall–Kier alpha value is -1.61. The van der Waals surface area contributed by atoms with Gasteiger partial charge in [0.1, 0.15) is 6.07 Å². The lowest BCUT2D eigenvalue weighted by Gasteiger charge is -2.08. The number of ether oxygens (including phenoxy) is 1. The Labute approximate surface area is 102 Å². The van der Waals surface area contributed by atoms with Gasteiger partial charge in [0.05, 0.1) is 17.7 Å². The molecule has 0 amide bonds. The highest BCUT2D eigenvalue weighted by Gasteiger charge is 2.19. The first kappa shape index (κ1) is 13.5. The van der Waals surface area contributed by atoms with Crippen molar-refractivity contribution in [3.8, 4) is 6.07 Å². The summed E-state index contributed by atoms with van der Waals surface area (Å²) >= 11 is 3.91. The highest BCUT2D eigenvalue weighted by atomic mass is 32.1. The highest BCUT2D eigenvalue weighted by Crippen LogP contribution is 2.27. The van der Waals surface area contributed by atoms with E-state index < -0.39 is 12.4 Å². The lowest BCUT2D eigenvalue weighted by molar-refractivity contribution is 0.0525. The quantitative estimate of drug-likeness (QED) is 0.669. The van der Waals surface area contributed by atoms with Crippen LogP contribution in [-0.4, -0.2) is 12.6 Å². The summed E-state index contributed by atoms with van der Waals surface area (Å²) in [5.41, 5.74) is -0.606. The summed E-state index contributed by atoms with van der Waals surface area (Å²) in [6, 6.07) is 3.77. The average molecular weight is 257 g/mol. The van der Waals surface area contributed by atoms with E-state index in [4.69, 9.17) is 10.00 Å². The fraction of sp³-hybridized carbons (Fsp3) is 0.273. The van der Waals surface area contributed by atoms with Crippen LogP contribution in [0.15, 0.2) is 17.0 Å². The Morgan fingerprint density at radius 1 is 1.59 bits per heavy atom. The van der Waals surface area contributed by atoms with Crippen molar-refractivity contribution in [3.05, 3.63) is 28.8 Å². The van der Waals surface area contributed by atoms with Crippen LogP contribution < -0.4 is 0 Å². The van der Waals surface area contributed by atoms with E-state index >= 15 is 0 Å². The number of rotatable bonds is 3. The van der Waals surface area contributed by atoms with Gasteiger partial charge in [-0.15, -0.1) is 12.6 Å². The molecular weight excluding hydrogens is 248 g/mol. The fourth-order valence-electron chi connectivity index (χ4n) is 1.26. The van der Waals surface area contributed by atoms with Gasteiger partial charge in [0.2, 0.25) is 0 Å². The molecule has 0 spiro atoms. The summed E-state index contributed by atoms with van der Waals surface area (Å²) in [6.07, 6.45) is -2.73. The predicted molar refractivity (Wildman–Crippen MR) is 59.3 cm³/mol. The molecule has 0 bridgehead atoms. The molecule has 0 aliphatic carbocycles. The molecule has 1 aromatic carbocycles. The minimum Gasteiger partial charge on any atom is -0.462 e. The summed E-state index contributed by atoms with van der Waals surface area (Å²) in [7, 11) is 0. The van der Waals surface area contributed by atoms with Crippen molar-refractivity contribution in [1.82, 2.24) is 0 Å². The summed E-state index contributed by atoms with van der Waals surface area (Å²) in [4.78, 5) is 11.5. The number of halogens is 2. The Morgan fingerprint density at radius 3 is 2.71 bits per heavy atom. The van der Waals surface area contributed by atoms with Gasteiger partial charge in [-0.25, -0.2) is 13.6 Å². The molecule has 0 N–H and O–H groups in total. The molecule has 0 aromatic heterocycles. The van der Waals surface area contributed by atoms with Crippen LogP contribution >= 0.6 is 12.6 Å². The number of carbonyl (C=O) groups excluding carboxylic acids is 1. The van der Waals surface area contributed by atoms with Crippen LogP contribution in [0.3, 0.4) is 0 Å². The lowest BCUT2D eigenvalue weighted by atomic mass is 10.0. The zero-order valence-electron chi connectivity index (χ0n) is 8.91. The molecule has 17 heavy (non-hydrogen) atoms. The molecule has 0 radical (unpaired) electrons. The number of hydrogen-bond donors (Lipinski definition) is 1. The lowest BCUT2D eigenvalue weighted by Crippen LogP contribution is -2.08. The van der Waals surface area contributed by atoms with Gasteiger partial charge in [0.15, 0.2) is 0 Å². The minimum absolute atomic E-state index is 0.0355. The Kier molecular flexibility index (Phi) is 4.46. The largest absolute Gasteiger partial charge is 0.462 e. The maximum Gasteiger partial charge on any atom is 0.339 e. The van der Waals surface area contributed by atoms with Crippen molar-refractivity contribution in [1.29, 1.82) is 5.26 Å². The van der Waals surface area contributed by atoms with Crippen molar-refractivity contribution in [2.75, 3.05) is 6.61 Å². The SMILES string of the molecule is CCOC(=O)c1cc(C(F)F)cc(S)c1C#N. The van der Waals surface area contributed by atoms with Crippen molar-refractivity contribution < 1.29 is 18.3 Å². The Balaban J connectivity index is 3.35. The van der Waals surface area contributed by atoms with Crippen molar-refractivity contribution >= 4 is 18.6 Å². The van der Waals surface area contributed by atoms with E-state index in [1.165, 1.54) is 0 Å². The number of benzene rings is 1. The number of alkyl halides is 2. The minimum atomic E-state index is -2.73. The molecule has 0 heterocycles. The number of thiol groups is 1. The van der Waals surface area contributed by atoms with E-state index in [9.17, 15) is 13.6 Å². The summed E-state index contributed by atoms with van der Waals surface area (Å²) in [6.45, 7) is 1.69. The third-order valence-corrected chi connectivity index (χ3v) is 2.35. The first-order valence-electron chi connectivity index (χ1n) is 4.73. The molecule has 0 saturated heterocycles. The second-order valence-corrected chi connectivity index (χ2v) is 3.58. The van der Waals surface area contributed by atoms with Crippen LogP contribution in [-0.2, 0) is 4.74 Å². The molecule has 0 atom stereocenters. The van der Waals surface area contributed by atoms with Crippen LogP contribution in [0.5, 0.6) is 0 Å². The number of carbonyl (C=O) groups is 1. The average Bonchev–Trinajstić information content (AvgIpc) is 2.28. The van der Waals surface area contributed by atoms with Gasteiger partial charge in [-0.2, -0.15) is 5.26 Å². The standard InChI is InChI=1S/C11H9F2NO2S/c1-2-16-11(15)7-3-6(10(12)13)4-9(17)8(7)5-14/h3-4,10,17H,2H2,1H3. The third kappa shape index (κ3) is 2.94. The van der Waals surface area contributed by atoms with E-state index in [1.54, 1.807) is 13.0 Å². The normalized spacial score (nSPS) is 10.1. The van der Waals surface area contributed by atoms with Crippen molar-refractivity contribution in [2.24, 2.45) is 0 Å². The maximum absolute atomic E-state index is 12.5. The van der Waals surface area contributed by atoms with E-state index in [-0.39, 0.29) is 28.2 Å². The third-order valence-electron chi connectivity index (χ3n) is 2.00. The highest BCUT2D eigenvalue weighted by molar-refractivity contribution is 7.80. The van der Waals surface area contributed by atoms with Crippen LogP contribution in [0.1, 0.15) is 34.8 Å². The number of nitrogens with zero attached hydrogens (tertiary/aromatic N) is 1. The smallest absolute Gasteiger partial charge is 0.339 e. The molecule has 1 aromatic rings. The van der Waals surface area contributed by atoms with Gasteiger partial charge in [-0.1, -0.05) is 0 Å². The van der Waals surface area contributed by atoms with Crippen LogP contribution in [0.25, 0.3) is 0 Å². The van der Waals surface area contributed by atoms with Gasteiger partial charge in [-0.05, 0) is 19.1 Å².